The van der Waals surface area contributed by atoms with E-state index in [2.05, 4.69) is 32.1 Å². The van der Waals surface area contributed by atoms with Crippen LogP contribution >= 0.6 is 28.1 Å². The minimum Gasteiger partial charge on any atom is -0.484 e. The van der Waals surface area contributed by atoms with Crippen LogP contribution in [0.5, 0.6) is 5.75 Å². The zero-order valence-electron chi connectivity index (χ0n) is 13.3. The third-order valence-corrected chi connectivity index (χ3v) is 4.17. The lowest BCUT2D eigenvalue weighted by Gasteiger charge is -2.11. The second-order valence-electron chi connectivity index (χ2n) is 5.02. The second kappa shape index (κ2) is 9.14. The van der Waals surface area contributed by atoms with Crippen LogP contribution in [0, 0.1) is 6.92 Å². The molecule has 2 amide bonds. The quantitative estimate of drug-likeness (QED) is 0.521. The number of aryl methyl sites for hydroxylation is 1. The first kappa shape index (κ1) is 18.9. The second-order valence-corrected chi connectivity index (χ2v) is 6.28. The maximum Gasteiger partial charge on any atom is 0.269 e. The number of ether oxygens (including phenoxy) is 1. The molecule has 2 aromatic rings. The van der Waals surface area contributed by atoms with Gasteiger partial charge >= 0.3 is 0 Å². The molecule has 0 aliphatic carbocycles. The van der Waals surface area contributed by atoms with Crippen LogP contribution in [0.25, 0.3) is 0 Å². The minimum absolute atomic E-state index is 0.0233. The Morgan fingerprint density at radius 2 is 1.84 bits per heavy atom. The SMILES string of the molecule is Cc1cc(OCC(=O)NC(=S)NNC(=O)c2ccccc2)ccc1Br. The lowest BCUT2D eigenvalue weighted by molar-refractivity contribution is -0.121. The number of carbonyl (C=O) groups excluding carboxylic acids is 2. The molecule has 3 N–H and O–H groups in total. The van der Waals surface area contributed by atoms with Gasteiger partial charge in [-0.3, -0.25) is 25.8 Å². The van der Waals surface area contributed by atoms with E-state index in [0.29, 0.717) is 11.3 Å². The van der Waals surface area contributed by atoms with E-state index in [1.54, 1.807) is 30.3 Å². The molecule has 0 atom stereocenters. The van der Waals surface area contributed by atoms with Crippen LogP contribution in [0.3, 0.4) is 0 Å². The highest BCUT2D eigenvalue weighted by molar-refractivity contribution is 9.10. The maximum absolute atomic E-state index is 11.8. The molecule has 0 saturated carbocycles. The van der Waals surface area contributed by atoms with E-state index in [-0.39, 0.29) is 17.6 Å². The summed E-state index contributed by atoms with van der Waals surface area (Å²) in [6, 6.07) is 14.0. The number of hydrogen-bond acceptors (Lipinski definition) is 4. The predicted molar refractivity (Wildman–Crippen MR) is 102 cm³/mol. The first-order chi connectivity index (χ1) is 12.0. The Morgan fingerprint density at radius 1 is 1.12 bits per heavy atom. The molecular formula is C17H16BrN3O3S. The number of amides is 2. The van der Waals surface area contributed by atoms with Gasteiger partial charge in [0.25, 0.3) is 11.8 Å². The van der Waals surface area contributed by atoms with Gasteiger partial charge in [-0.2, -0.15) is 0 Å². The molecule has 0 unspecified atom stereocenters. The minimum atomic E-state index is -0.438. The molecule has 8 heteroatoms. The van der Waals surface area contributed by atoms with Crippen molar-refractivity contribution < 1.29 is 14.3 Å². The van der Waals surface area contributed by atoms with E-state index < -0.39 is 5.91 Å². The van der Waals surface area contributed by atoms with Crippen LogP contribution in [0.4, 0.5) is 0 Å². The van der Waals surface area contributed by atoms with Crippen LogP contribution in [-0.4, -0.2) is 23.5 Å². The van der Waals surface area contributed by atoms with Gasteiger partial charge < -0.3 is 4.74 Å². The molecule has 0 aliphatic heterocycles. The molecule has 0 aliphatic rings. The fourth-order valence-electron chi connectivity index (χ4n) is 1.83. The summed E-state index contributed by atoms with van der Waals surface area (Å²) in [6.45, 7) is 1.72. The number of hydrazine groups is 1. The van der Waals surface area contributed by atoms with Crippen LogP contribution in [0.15, 0.2) is 53.0 Å². The summed E-state index contributed by atoms with van der Waals surface area (Å²) in [7, 11) is 0. The Morgan fingerprint density at radius 3 is 2.52 bits per heavy atom. The van der Waals surface area contributed by atoms with Crippen molar-refractivity contribution in [2.24, 2.45) is 0 Å². The molecule has 0 fully saturated rings. The number of hydrogen-bond donors (Lipinski definition) is 3. The largest absolute Gasteiger partial charge is 0.484 e. The molecule has 130 valence electrons. The van der Waals surface area contributed by atoms with Gasteiger partial charge in [0.05, 0.1) is 0 Å². The van der Waals surface area contributed by atoms with Crippen molar-refractivity contribution >= 4 is 45.1 Å². The van der Waals surface area contributed by atoms with Gasteiger partial charge in [0.15, 0.2) is 11.7 Å². The highest BCUT2D eigenvalue weighted by Gasteiger charge is 2.08. The van der Waals surface area contributed by atoms with Crippen LogP contribution in [0.1, 0.15) is 15.9 Å². The van der Waals surface area contributed by atoms with Gasteiger partial charge in [-0.1, -0.05) is 34.1 Å². The van der Waals surface area contributed by atoms with E-state index in [1.807, 2.05) is 25.1 Å². The van der Waals surface area contributed by atoms with Crippen molar-refractivity contribution in [3.8, 4) is 5.75 Å². The molecule has 6 nitrogen and oxygen atoms in total. The number of nitrogens with one attached hydrogen (secondary N) is 3. The van der Waals surface area contributed by atoms with Crippen LogP contribution in [-0.2, 0) is 4.79 Å². The first-order valence-electron chi connectivity index (χ1n) is 7.30. The van der Waals surface area contributed by atoms with Crippen molar-refractivity contribution in [1.29, 1.82) is 0 Å². The topological polar surface area (TPSA) is 79.5 Å². The molecule has 0 spiro atoms. The lowest BCUT2D eigenvalue weighted by atomic mass is 10.2. The number of thiocarbonyl (C=S) groups is 1. The maximum atomic E-state index is 11.8. The van der Waals surface area contributed by atoms with Gasteiger partial charge in [-0.15, -0.1) is 0 Å². The van der Waals surface area contributed by atoms with E-state index in [1.165, 1.54) is 0 Å². The Balaban J connectivity index is 1.73. The average Bonchev–Trinajstić information content (AvgIpc) is 2.61. The van der Waals surface area contributed by atoms with Gasteiger partial charge in [-0.05, 0) is 55.0 Å². The van der Waals surface area contributed by atoms with Gasteiger partial charge in [0, 0.05) is 10.0 Å². The van der Waals surface area contributed by atoms with Gasteiger partial charge in [0.2, 0.25) is 0 Å². The first-order valence-corrected chi connectivity index (χ1v) is 8.50. The molecule has 25 heavy (non-hydrogen) atoms. The molecule has 2 rings (SSSR count). The normalized spacial score (nSPS) is 9.84. The summed E-state index contributed by atoms with van der Waals surface area (Å²) in [6.07, 6.45) is 0. The Hall–Kier alpha value is -2.45. The van der Waals surface area contributed by atoms with Crippen molar-refractivity contribution in [3.63, 3.8) is 0 Å². The summed E-state index contributed by atoms with van der Waals surface area (Å²) < 4.78 is 6.35. The molecule has 2 aromatic carbocycles. The molecule has 0 saturated heterocycles. The Bertz CT molecular complexity index is 784. The fourth-order valence-corrected chi connectivity index (χ4v) is 2.24. The highest BCUT2D eigenvalue weighted by Crippen LogP contribution is 2.21. The smallest absolute Gasteiger partial charge is 0.269 e. The highest BCUT2D eigenvalue weighted by atomic mass is 79.9. The molecule has 0 heterocycles. The van der Waals surface area contributed by atoms with Crippen molar-refractivity contribution in [1.82, 2.24) is 16.2 Å². The Labute approximate surface area is 159 Å². The Kier molecular flexibility index (Phi) is 6.91. The van der Waals surface area contributed by atoms with E-state index >= 15 is 0 Å². The van der Waals surface area contributed by atoms with Gasteiger partial charge in [-0.25, -0.2) is 0 Å². The van der Waals surface area contributed by atoms with Crippen LogP contribution in [0.2, 0.25) is 0 Å². The molecule has 0 bridgehead atoms. The lowest BCUT2D eigenvalue weighted by Crippen LogP contribution is -2.49. The molecular weight excluding hydrogens is 406 g/mol. The van der Waals surface area contributed by atoms with Crippen molar-refractivity contribution in [2.45, 2.75) is 6.92 Å². The third-order valence-electron chi connectivity index (χ3n) is 3.08. The summed E-state index contributed by atoms with van der Waals surface area (Å²) in [5.41, 5.74) is 6.33. The van der Waals surface area contributed by atoms with E-state index in [0.717, 1.165) is 10.0 Å². The summed E-state index contributed by atoms with van der Waals surface area (Å²) in [5, 5.41) is 2.39. The number of carbonyl (C=O) groups is 2. The summed E-state index contributed by atoms with van der Waals surface area (Å²) in [5.74, 6) is -0.224. The predicted octanol–water partition coefficient (Wildman–Crippen LogP) is 2.47. The van der Waals surface area contributed by atoms with Gasteiger partial charge in [0.1, 0.15) is 5.75 Å². The van der Waals surface area contributed by atoms with E-state index in [4.69, 9.17) is 17.0 Å². The van der Waals surface area contributed by atoms with Crippen LogP contribution < -0.4 is 20.9 Å². The number of halogens is 1. The number of benzene rings is 2. The third kappa shape index (κ3) is 6.17. The molecule has 0 aromatic heterocycles. The zero-order valence-corrected chi connectivity index (χ0v) is 15.7. The standard InChI is InChI=1S/C17H16BrN3O3S/c1-11-9-13(7-8-14(11)18)24-10-15(22)19-17(25)21-20-16(23)12-5-3-2-4-6-12/h2-9H,10H2,1H3,(H,20,23)(H2,19,21,22,25). The summed E-state index contributed by atoms with van der Waals surface area (Å²) >= 11 is 8.34. The van der Waals surface area contributed by atoms with Crippen molar-refractivity contribution in [2.75, 3.05) is 6.61 Å². The zero-order chi connectivity index (χ0) is 18.2. The van der Waals surface area contributed by atoms with E-state index in [9.17, 15) is 9.59 Å². The number of rotatable bonds is 4. The average molecular weight is 422 g/mol. The molecule has 0 radical (unpaired) electrons. The van der Waals surface area contributed by atoms with Crippen molar-refractivity contribution in [3.05, 3.63) is 64.1 Å². The summed E-state index contributed by atoms with van der Waals surface area (Å²) in [4.78, 5) is 23.6. The monoisotopic (exact) mass is 421 g/mol. The fraction of sp³-hybridized carbons (Fsp3) is 0.118.